The lowest BCUT2D eigenvalue weighted by atomic mass is 9.87. The summed E-state index contributed by atoms with van der Waals surface area (Å²) in [6, 6.07) is 4.20. The zero-order chi connectivity index (χ0) is 16.1. The van der Waals surface area contributed by atoms with E-state index in [4.69, 9.17) is 0 Å². The first-order valence-corrected chi connectivity index (χ1v) is 9.70. The molecule has 1 saturated carbocycles. The second kappa shape index (κ2) is 7.56. The molecule has 1 spiro atoms. The number of rotatable bonds is 2. The minimum atomic E-state index is 0.472. The minimum absolute atomic E-state index is 0.472. The highest BCUT2D eigenvalue weighted by Gasteiger charge is 2.38. The Morgan fingerprint density at radius 2 is 2.17 bits per heavy atom. The van der Waals surface area contributed by atoms with Crippen molar-refractivity contribution >= 4 is 17.7 Å². The van der Waals surface area contributed by atoms with E-state index in [1.165, 1.54) is 43.4 Å². The van der Waals surface area contributed by atoms with Gasteiger partial charge in [0.1, 0.15) is 0 Å². The molecule has 4 nitrogen and oxygen atoms in total. The summed E-state index contributed by atoms with van der Waals surface area (Å²) in [7, 11) is 1.89. The first-order valence-electron chi connectivity index (χ1n) is 8.72. The number of aromatic nitrogens is 1. The monoisotopic (exact) mass is 332 g/mol. The maximum Gasteiger partial charge on any atom is 0.193 e. The molecule has 1 aliphatic heterocycles. The van der Waals surface area contributed by atoms with Crippen LogP contribution >= 0.6 is 11.8 Å². The maximum atomic E-state index is 4.52. The summed E-state index contributed by atoms with van der Waals surface area (Å²) in [6.45, 7) is 5.05. The first-order chi connectivity index (χ1) is 11.2. The third-order valence-corrected chi connectivity index (χ3v) is 6.48. The number of aryl methyl sites for hydroxylation is 1. The van der Waals surface area contributed by atoms with Crippen molar-refractivity contribution in [1.29, 1.82) is 0 Å². The molecular weight excluding hydrogens is 304 g/mol. The molecule has 126 valence electrons. The van der Waals surface area contributed by atoms with Gasteiger partial charge >= 0.3 is 0 Å². The van der Waals surface area contributed by atoms with Crippen molar-refractivity contribution in [3.63, 3.8) is 0 Å². The summed E-state index contributed by atoms with van der Waals surface area (Å²) in [5, 5.41) is 3.52. The number of guanidine groups is 1. The van der Waals surface area contributed by atoms with Crippen molar-refractivity contribution in [2.24, 2.45) is 4.99 Å². The Kier molecular flexibility index (Phi) is 5.46. The van der Waals surface area contributed by atoms with Crippen molar-refractivity contribution in [3.05, 3.63) is 29.6 Å². The number of aliphatic imine (C=N–C) groups is 1. The van der Waals surface area contributed by atoms with E-state index in [0.717, 1.165) is 31.3 Å². The molecule has 3 rings (SSSR count). The Balaban J connectivity index is 1.60. The van der Waals surface area contributed by atoms with Crippen molar-refractivity contribution in [2.75, 3.05) is 25.9 Å². The topological polar surface area (TPSA) is 40.5 Å². The van der Waals surface area contributed by atoms with Crippen LogP contribution in [-0.2, 0) is 6.54 Å². The molecule has 1 saturated heterocycles. The van der Waals surface area contributed by atoms with Crippen molar-refractivity contribution in [3.8, 4) is 0 Å². The van der Waals surface area contributed by atoms with Gasteiger partial charge in [-0.15, -0.1) is 0 Å². The molecule has 2 fully saturated rings. The third kappa shape index (κ3) is 4.19. The number of hydrogen-bond acceptors (Lipinski definition) is 3. The summed E-state index contributed by atoms with van der Waals surface area (Å²) in [6.07, 6.45) is 8.88. The second-order valence-electron chi connectivity index (χ2n) is 6.72. The van der Waals surface area contributed by atoms with Crippen LogP contribution in [-0.4, -0.2) is 46.5 Å². The Morgan fingerprint density at radius 3 is 2.87 bits per heavy atom. The van der Waals surface area contributed by atoms with Gasteiger partial charge in [-0.1, -0.05) is 25.3 Å². The van der Waals surface area contributed by atoms with Gasteiger partial charge in [0.2, 0.25) is 0 Å². The molecule has 0 atom stereocenters. The molecule has 5 heteroatoms. The normalized spacial score (nSPS) is 21.5. The lowest BCUT2D eigenvalue weighted by Crippen LogP contribution is -2.53. The van der Waals surface area contributed by atoms with E-state index in [-0.39, 0.29) is 0 Å². The minimum Gasteiger partial charge on any atom is -0.352 e. The van der Waals surface area contributed by atoms with Gasteiger partial charge in [-0.25, -0.2) is 0 Å². The molecule has 2 heterocycles. The lowest BCUT2D eigenvalue weighted by molar-refractivity contribution is 0.293. The zero-order valence-electron chi connectivity index (χ0n) is 14.3. The van der Waals surface area contributed by atoms with E-state index in [1.807, 2.05) is 20.2 Å². The summed E-state index contributed by atoms with van der Waals surface area (Å²) >= 11 is 2.20. The van der Waals surface area contributed by atoms with Crippen LogP contribution < -0.4 is 5.32 Å². The average Bonchev–Trinajstić information content (AvgIpc) is 2.58. The van der Waals surface area contributed by atoms with Crippen LogP contribution in [0.4, 0.5) is 0 Å². The maximum absolute atomic E-state index is 4.52. The lowest BCUT2D eigenvalue weighted by Gasteiger charge is -2.45. The molecule has 0 amide bonds. The number of hydrogen-bond donors (Lipinski definition) is 1. The average molecular weight is 333 g/mol. The van der Waals surface area contributed by atoms with E-state index in [1.54, 1.807) is 0 Å². The number of thioether (sulfide) groups is 1. The van der Waals surface area contributed by atoms with Gasteiger partial charge in [-0.2, -0.15) is 11.8 Å². The molecule has 0 radical (unpaired) electrons. The summed E-state index contributed by atoms with van der Waals surface area (Å²) in [5.41, 5.74) is 2.26. The quantitative estimate of drug-likeness (QED) is 0.667. The van der Waals surface area contributed by atoms with Gasteiger partial charge in [0.25, 0.3) is 0 Å². The predicted molar refractivity (Wildman–Crippen MR) is 99.0 cm³/mol. The van der Waals surface area contributed by atoms with Gasteiger partial charge in [-0.05, 0) is 31.4 Å². The molecule has 0 bridgehead atoms. The highest BCUT2D eigenvalue weighted by atomic mass is 32.2. The van der Waals surface area contributed by atoms with Crippen LogP contribution in [0, 0.1) is 6.92 Å². The van der Waals surface area contributed by atoms with E-state index >= 15 is 0 Å². The molecular formula is C18H28N4S. The van der Waals surface area contributed by atoms with Crippen molar-refractivity contribution < 1.29 is 0 Å². The summed E-state index contributed by atoms with van der Waals surface area (Å²) < 4.78 is 0.472. The molecule has 1 aromatic rings. The number of nitrogens with zero attached hydrogens (tertiary/aromatic N) is 3. The molecule has 23 heavy (non-hydrogen) atoms. The fourth-order valence-corrected chi connectivity index (χ4v) is 5.21. The number of nitrogens with one attached hydrogen (secondary N) is 1. The Labute approximate surface area is 144 Å². The first kappa shape index (κ1) is 16.6. The van der Waals surface area contributed by atoms with Crippen LogP contribution in [0.3, 0.4) is 0 Å². The summed E-state index contributed by atoms with van der Waals surface area (Å²) in [5.74, 6) is 2.25. The Hall–Kier alpha value is -1.23. The molecule has 1 N–H and O–H groups in total. The van der Waals surface area contributed by atoms with Crippen LogP contribution in [0.2, 0.25) is 0 Å². The van der Waals surface area contributed by atoms with Crippen molar-refractivity contribution in [2.45, 2.75) is 50.3 Å². The van der Waals surface area contributed by atoms with Crippen LogP contribution in [0.1, 0.15) is 43.4 Å². The highest BCUT2D eigenvalue weighted by molar-refractivity contribution is 8.00. The van der Waals surface area contributed by atoms with Crippen LogP contribution in [0.5, 0.6) is 0 Å². The van der Waals surface area contributed by atoms with Crippen molar-refractivity contribution in [1.82, 2.24) is 15.2 Å². The fourth-order valence-electron chi connectivity index (χ4n) is 3.64. The smallest absolute Gasteiger partial charge is 0.193 e. The Bertz CT molecular complexity index is 529. The fraction of sp³-hybridized carbons (Fsp3) is 0.667. The van der Waals surface area contributed by atoms with Gasteiger partial charge in [0.05, 0.1) is 0 Å². The zero-order valence-corrected chi connectivity index (χ0v) is 15.2. The van der Waals surface area contributed by atoms with E-state index in [0.29, 0.717) is 4.75 Å². The van der Waals surface area contributed by atoms with E-state index in [9.17, 15) is 0 Å². The number of pyridine rings is 1. The standard InChI is InChI=1S/C18H28N4S/c1-15-6-7-16(12-20-15)13-21-17(19-2)22-10-11-23-18(14-22)8-4-3-5-9-18/h6-7,12H,3-5,8-11,13-14H2,1-2H3,(H,19,21). The van der Waals surface area contributed by atoms with Gasteiger partial charge in [0, 0.05) is 49.1 Å². The SMILES string of the molecule is CN=C(NCc1ccc(C)nc1)N1CCSC2(CCCCC2)C1. The van der Waals surface area contributed by atoms with Gasteiger partial charge in [-0.3, -0.25) is 9.98 Å². The predicted octanol–water partition coefficient (Wildman–Crippen LogP) is 3.22. The Morgan fingerprint density at radius 1 is 1.35 bits per heavy atom. The second-order valence-corrected chi connectivity index (χ2v) is 8.29. The molecule has 1 aliphatic carbocycles. The molecule has 0 unspecified atom stereocenters. The molecule has 1 aromatic heterocycles. The molecule has 0 aromatic carbocycles. The van der Waals surface area contributed by atoms with Gasteiger partial charge < -0.3 is 10.2 Å². The molecule has 2 aliphatic rings. The largest absolute Gasteiger partial charge is 0.352 e. The third-order valence-electron chi connectivity index (χ3n) is 4.95. The van der Waals surface area contributed by atoms with Crippen LogP contribution in [0.25, 0.3) is 0 Å². The van der Waals surface area contributed by atoms with Crippen LogP contribution in [0.15, 0.2) is 23.3 Å². The van der Waals surface area contributed by atoms with Gasteiger partial charge in [0.15, 0.2) is 5.96 Å². The van der Waals surface area contributed by atoms with E-state index in [2.05, 4.69) is 44.1 Å². The highest BCUT2D eigenvalue weighted by Crippen LogP contribution is 2.42. The van der Waals surface area contributed by atoms with E-state index < -0.39 is 0 Å². The summed E-state index contributed by atoms with van der Waals surface area (Å²) in [4.78, 5) is 11.4.